The second-order valence-electron chi connectivity index (χ2n) is 5.67. The fourth-order valence-corrected chi connectivity index (χ4v) is 0.864. The van der Waals surface area contributed by atoms with Gasteiger partial charge < -0.3 is 15.3 Å². The van der Waals surface area contributed by atoms with Gasteiger partial charge in [-0.2, -0.15) is 79.0 Å². The van der Waals surface area contributed by atoms with Gasteiger partial charge in [0.15, 0.2) is 0 Å². The van der Waals surface area contributed by atoms with Crippen molar-refractivity contribution in [1.29, 1.82) is 0 Å². The van der Waals surface area contributed by atoms with Crippen LogP contribution in [0.2, 0.25) is 0 Å². The predicted octanol–water partition coefficient (Wildman–Crippen LogP) is 6.36. The van der Waals surface area contributed by atoms with E-state index in [4.69, 9.17) is 15.3 Å². The molecule has 0 aromatic heterocycles. The van der Waals surface area contributed by atoms with E-state index in [0.717, 1.165) is 0 Å². The molecule has 0 saturated carbocycles. The summed E-state index contributed by atoms with van der Waals surface area (Å²) in [6, 6.07) is 0. The molecule has 0 saturated heterocycles. The van der Waals surface area contributed by atoms with Crippen molar-refractivity contribution in [3.63, 3.8) is 0 Å². The first kappa shape index (κ1) is 44.1. The van der Waals surface area contributed by atoms with Crippen LogP contribution in [0.5, 0.6) is 0 Å². The third-order valence-electron chi connectivity index (χ3n) is 2.51. The average Bonchev–Trinajstić information content (AvgIpc) is 2.64. The summed E-state index contributed by atoms with van der Waals surface area (Å²) in [5.41, 5.74) is 0. The molecule has 0 aliphatic carbocycles. The molecule has 0 amide bonds. The van der Waals surface area contributed by atoms with Crippen LogP contribution in [-0.2, 0) is 36.1 Å². The van der Waals surface area contributed by atoms with Gasteiger partial charge in [-0.3, -0.25) is 14.4 Å². The zero-order valence-electron chi connectivity index (χ0n) is 17.6. The number of allylic oxidation sites excluding steroid dienone is 6. The number of carbonyl (C=O) groups is 3. The molecule has 232 valence electrons. The van der Waals surface area contributed by atoms with Crippen molar-refractivity contribution in [2.75, 3.05) is 0 Å². The molecule has 0 atom stereocenters. The smallest absolute Gasteiger partial charge is 0.454 e. The molecule has 25 heteroatoms. The normalized spacial score (nSPS) is 14.1. The Bertz CT molecular complexity index is 834. The van der Waals surface area contributed by atoms with Crippen LogP contribution in [0, 0.1) is 0 Å². The minimum absolute atomic E-state index is 0. The fourth-order valence-electron chi connectivity index (χ4n) is 0.864. The van der Waals surface area contributed by atoms with E-state index in [2.05, 4.69) is 0 Å². The van der Waals surface area contributed by atoms with Crippen LogP contribution in [0.3, 0.4) is 0 Å². The first-order valence-corrected chi connectivity index (χ1v) is 7.92. The van der Waals surface area contributed by atoms with Crippen molar-refractivity contribution in [3.05, 3.63) is 35.5 Å². The minimum atomic E-state index is -5.42. The molecule has 0 aliphatic rings. The number of aliphatic hydroxyl groups is 3. The fraction of sp³-hybridized carbons (Fsp3) is 0.400. The van der Waals surface area contributed by atoms with Crippen LogP contribution in [0.1, 0.15) is 0 Å². The quantitative estimate of drug-likeness (QED) is 0.139. The van der Waals surface area contributed by atoms with Crippen molar-refractivity contribution in [2.45, 2.75) is 37.1 Å². The van der Waals surface area contributed by atoms with Gasteiger partial charge in [0.25, 0.3) is 17.3 Å². The molecule has 0 spiro atoms. The van der Waals surface area contributed by atoms with Crippen molar-refractivity contribution in [1.82, 2.24) is 0 Å². The summed E-state index contributed by atoms with van der Waals surface area (Å²) >= 11 is 0. The minimum Gasteiger partial charge on any atom is -0.504 e. The molecular weight excluding hydrogens is 666 g/mol. The van der Waals surface area contributed by atoms with Crippen molar-refractivity contribution in [3.8, 4) is 0 Å². The average molecular weight is 672 g/mol. The van der Waals surface area contributed by atoms with Gasteiger partial charge >= 0.3 is 37.1 Å². The number of rotatable bonds is 3. The molecule has 40 heavy (non-hydrogen) atoms. The van der Waals surface area contributed by atoms with Gasteiger partial charge in [-0.25, -0.2) is 0 Å². The van der Waals surface area contributed by atoms with E-state index in [1.165, 1.54) is 0 Å². The Morgan fingerprint density at radius 2 is 0.475 bits per heavy atom. The first-order valence-electron chi connectivity index (χ1n) is 7.92. The molecule has 0 aromatic rings. The third kappa shape index (κ3) is 20.1. The molecule has 0 unspecified atom stereocenters. The van der Waals surface area contributed by atoms with Crippen LogP contribution in [0.15, 0.2) is 35.5 Å². The Hall–Kier alpha value is -2.92. The Morgan fingerprint density at radius 1 is 0.350 bits per heavy atom. The van der Waals surface area contributed by atoms with Crippen molar-refractivity contribution < 1.29 is 130 Å². The topological polar surface area (TPSA) is 112 Å². The van der Waals surface area contributed by atoms with Crippen LogP contribution >= 0.6 is 0 Å². The Balaban J connectivity index is -0.000000240. The molecular formula is C15H6F18O6Ti. The maximum Gasteiger partial charge on any atom is 0.454 e. The van der Waals surface area contributed by atoms with E-state index in [0.29, 0.717) is 0 Å². The number of hydrogen-bond acceptors (Lipinski definition) is 6. The Morgan fingerprint density at radius 3 is 0.550 bits per heavy atom. The second kappa shape index (κ2) is 15.2. The third-order valence-corrected chi connectivity index (χ3v) is 2.51. The number of halogens is 18. The Labute approximate surface area is 221 Å². The zero-order valence-corrected chi connectivity index (χ0v) is 19.2. The van der Waals surface area contributed by atoms with Gasteiger partial charge in [-0.1, -0.05) is 0 Å². The maximum atomic E-state index is 11.4. The first-order chi connectivity index (χ1) is 16.6. The molecule has 0 heterocycles. The molecule has 0 radical (unpaired) electrons. The number of ketones is 3. The number of alkyl halides is 18. The van der Waals surface area contributed by atoms with E-state index in [1.807, 2.05) is 0 Å². The number of carbonyl (C=O) groups excluding carboxylic acids is 3. The van der Waals surface area contributed by atoms with E-state index in [-0.39, 0.29) is 21.7 Å². The molecule has 0 rings (SSSR count). The summed E-state index contributed by atoms with van der Waals surface area (Å²) in [5.74, 6) is -16.0. The Kier molecular flexibility index (Phi) is 16.7. The standard InChI is InChI=1S/3C5H2F6O2.Ti/c3*6-4(7,8)2(12)1-3(13)5(9,10)11;/h3*1,12H;/b3*2-1-;. The molecule has 3 N–H and O–H groups in total. The summed E-state index contributed by atoms with van der Waals surface area (Å²) in [6.45, 7) is 0. The van der Waals surface area contributed by atoms with Crippen LogP contribution < -0.4 is 0 Å². The predicted molar refractivity (Wildman–Crippen MR) is 83.5 cm³/mol. The SMILES string of the molecule is O=C(/C=C(\O)C(F)(F)F)C(F)(F)F.O=C(/C=C(\O)C(F)(F)F)C(F)(F)F.O=C(/C=C(\O)C(F)(F)F)C(F)(F)F.[Ti]. The van der Waals surface area contributed by atoms with Gasteiger partial charge in [-0.05, 0) is 0 Å². The largest absolute Gasteiger partial charge is 0.504 e. The van der Waals surface area contributed by atoms with Gasteiger partial charge in [0, 0.05) is 39.9 Å². The molecule has 0 aliphatic heterocycles. The molecule has 6 nitrogen and oxygen atoms in total. The van der Waals surface area contributed by atoms with E-state index in [9.17, 15) is 93.4 Å². The summed E-state index contributed by atoms with van der Waals surface area (Å²) in [5, 5.41) is 23.8. The van der Waals surface area contributed by atoms with Crippen LogP contribution in [0.4, 0.5) is 79.0 Å². The van der Waals surface area contributed by atoms with Crippen LogP contribution in [-0.4, -0.2) is 69.7 Å². The van der Waals surface area contributed by atoms with E-state index >= 15 is 0 Å². The van der Waals surface area contributed by atoms with E-state index < -0.39 is 89.9 Å². The zero-order chi connectivity index (χ0) is 32.6. The summed E-state index contributed by atoms with van der Waals surface area (Å²) in [7, 11) is 0. The van der Waals surface area contributed by atoms with Gasteiger partial charge in [0.2, 0.25) is 17.3 Å². The molecule has 0 aromatic carbocycles. The van der Waals surface area contributed by atoms with Crippen molar-refractivity contribution >= 4 is 17.3 Å². The van der Waals surface area contributed by atoms with Crippen molar-refractivity contribution in [2.24, 2.45) is 0 Å². The van der Waals surface area contributed by atoms with Gasteiger partial charge in [0.05, 0.1) is 0 Å². The molecule has 0 bridgehead atoms. The van der Waals surface area contributed by atoms with E-state index in [1.54, 1.807) is 0 Å². The molecule has 0 fully saturated rings. The maximum absolute atomic E-state index is 11.4. The summed E-state index contributed by atoms with van der Waals surface area (Å²) in [4.78, 5) is 29.6. The van der Waals surface area contributed by atoms with Gasteiger partial charge in [-0.15, -0.1) is 0 Å². The number of hydrogen-bond donors (Lipinski definition) is 3. The second-order valence-corrected chi connectivity index (χ2v) is 5.67. The summed E-state index contributed by atoms with van der Waals surface area (Å²) in [6.07, 6.45) is -35.0. The monoisotopic (exact) mass is 672 g/mol. The van der Waals surface area contributed by atoms with Gasteiger partial charge in [0.1, 0.15) is 0 Å². The number of aliphatic hydroxyl groups excluding tert-OH is 3. The summed E-state index contributed by atoms with van der Waals surface area (Å²) < 4.78 is 204. The van der Waals surface area contributed by atoms with Crippen LogP contribution in [0.25, 0.3) is 0 Å².